The van der Waals surface area contributed by atoms with E-state index in [-0.39, 0.29) is 28.6 Å². The van der Waals surface area contributed by atoms with Gasteiger partial charge in [0, 0.05) is 18.0 Å². The van der Waals surface area contributed by atoms with E-state index in [4.69, 9.17) is 4.74 Å². The van der Waals surface area contributed by atoms with Crippen LogP contribution in [-0.4, -0.2) is 37.1 Å². The van der Waals surface area contributed by atoms with Gasteiger partial charge in [0.2, 0.25) is 5.91 Å². The van der Waals surface area contributed by atoms with E-state index < -0.39 is 20.6 Å². The van der Waals surface area contributed by atoms with Crippen LogP contribution in [0, 0.1) is 10.1 Å². The number of pyridine rings is 1. The molecule has 0 saturated heterocycles. The Morgan fingerprint density at radius 3 is 2.40 bits per heavy atom. The van der Waals surface area contributed by atoms with E-state index in [0.29, 0.717) is 22.7 Å². The summed E-state index contributed by atoms with van der Waals surface area (Å²) in [4.78, 5) is 27.5. The third-order valence-electron chi connectivity index (χ3n) is 5.51. The molecule has 3 N–H and O–H groups in total. The highest BCUT2D eigenvalue weighted by atomic mass is 32.2. The molecule has 0 radical (unpaired) electrons. The fourth-order valence-corrected chi connectivity index (χ4v) is 4.63. The van der Waals surface area contributed by atoms with Gasteiger partial charge in [0.05, 0.1) is 40.9 Å². The predicted molar refractivity (Wildman–Crippen MR) is 151 cm³/mol. The number of hydrogen-bond acceptors (Lipinski definition) is 9. The van der Waals surface area contributed by atoms with E-state index in [9.17, 15) is 23.3 Å². The maximum absolute atomic E-state index is 12.9. The second kappa shape index (κ2) is 12.5. The van der Waals surface area contributed by atoms with Crippen LogP contribution in [0.4, 0.5) is 22.7 Å². The Morgan fingerprint density at radius 1 is 1.00 bits per heavy atom. The largest absolute Gasteiger partial charge is 0.497 e. The van der Waals surface area contributed by atoms with Crippen LogP contribution in [-0.2, 0) is 14.8 Å². The summed E-state index contributed by atoms with van der Waals surface area (Å²) in [5, 5.41) is 18.8. The topological polar surface area (TPSA) is 165 Å². The second-order valence-electron chi connectivity index (χ2n) is 8.27. The van der Waals surface area contributed by atoms with Crippen LogP contribution in [0.15, 0.2) is 107 Å². The molecule has 13 heteroatoms. The molecule has 0 fully saturated rings. The number of sulfonamides is 1. The van der Waals surface area contributed by atoms with Gasteiger partial charge in [-0.25, -0.2) is 8.42 Å². The van der Waals surface area contributed by atoms with Gasteiger partial charge in [-0.1, -0.05) is 30.3 Å². The maximum Gasteiger partial charge on any atom is 0.295 e. The van der Waals surface area contributed by atoms with Crippen molar-refractivity contribution in [3.8, 4) is 5.75 Å². The minimum Gasteiger partial charge on any atom is -0.497 e. The molecule has 204 valence electrons. The van der Waals surface area contributed by atoms with Gasteiger partial charge in [-0.2, -0.15) is 5.10 Å². The maximum atomic E-state index is 12.9. The number of anilines is 3. The fourth-order valence-electron chi connectivity index (χ4n) is 3.56. The van der Waals surface area contributed by atoms with Crippen molar-refractivity contribution in [2.45, 2.75) is 11.3 Å². The van der Waals surface area contributed by atoms with Crippen molar-refractivity contribution in [3.63, 3.8) is 0 Å². The SMILES string of the molecule is COc1ccc(NS(=O)(=O)c2ccc(NN=C(CC(=O)Nc3cccnc3)c3ccccc3)c([N+](=O)[O-])c2)cc1. The summed E-state index contributed by atoms with van der Waals surface area (Å²) >= 11 is 0. The molecule has 0 spiro atoms. The highest BCUT2D eigenvalue weighted by Gasteiger charge is 2.22. The lowest BCUT2D eigenvalue weighted by Crippen LogP contribution is -2.18. The normalized spacial score (nSPS) is 11.4. The minimum atomic E-state index is -4.14. The summed E-state index contributed by atoms with van der Waals surface area (Å²) in [7, 11) is -2.66. The Kier molecular flexibility index (Phi) is 8.66. The summed E-state index contributed by atoms with van der Waals surface area (Å²) in [6.07, 6.45) is 2.92. The van der Waals surface area contributed by atoms with E-state index in [1.54, 1.807) is 60.8 Å². The Labute approximate surface area is 229 Å². The van der Waals surface area contributed by atoms with Crippen molar-refractivity contribution in [2.75, 3.05) is 22.6 Å². The number of rotatable bonds is 11. The molecule has 1 heterocycles. The van der Waals surface area contributed by atoms with Gasteiger partial charge in [0.1, 0.15) is 11.4 Å². The third kappa shape index (κ3) is 7.17. The first-order valence-corrected chi connectivity index (χ1v) is 13.3. The number of ether oxygens (including phenoxy) is 1. The number of aromatic nitrogens is 1. The second-order valence-corrected chi connectivity index (χ2v) is 9.96. The number of nitro benzene ring substituents is 1. The van der Waals surface area contributed by atoms with Crippen molar-refractivity contribution in [2.24, 2.45) is 5.10 Å². The smallest absolute Gasteiger partial charge is 0.295 e. The van der Waals surface area contributed by atoms with Gasteiger partial charge >= 0.3 is 0 Å². The summed E-state index contributed by atoms with van der Waals surface area (Å²) in [6.45, 7) is 0. The quantitative estimate of drug-likeness (QED) is 0.136. The summed E-state index contributed by atoms with van der Waals surface area (Å²) in [5.74, 6) is 0.164. The number of methoxy groups -OCH3 is 1. The molecule has 0 aliphatic heterocycles. The van der Waals surface area contributed by atoms with Crippen molar-refractivity contribution >= 4 is 44.4 Å². The first-order chi connectivity index (χ1) is 19.2. The first-order valence-electron chi connectivity index (χ1n) is 11.8. The van der Waals surface area contributed by atoms with Crippen molar-refractivity contribution < 1.29 is 22.9 Å². The molecule has 3 aromatic carbocycles. The molecule has 0 atom stereocenters. The van der Waals surface area contributed by atoms with Crippen LogP contribution in [0.25, 0.3) is 0 Å². The predicted octanol–water partition coefficient (Wildman–Crippen LogP) is 4.64. The zero-order valence-electron chi connectivity index (χ0n) is 21.1. The molecule has 0 saturated carbocycles. The molecule has 0 aliphatic rings. The van der Waals surface area contributed by atoms with Crippen molar-refractivity contribution in [1.29, 1.82) is 0 Å². The van der Waals surface area contributed by atoms with Gasteiger partial charge < -0.3 is 10.1 Å². The number of nitro groups is 1. The van der Waals surface area contributed by atoms with Crippen LogP contribution >= 0.6 is 0 Å². The third-order valence-corrected chi connectivity index (χ3v) is 6.89. The average molecular weight is 561 g/mol. The highest BCUT2D eigenvalue weighted by Crippen LogP contribution is 2.29. The van der Waals surface area contributed by atoms with Gasteiger partial charge in [-0.15, -0.1) is 0 Å². The Balaban J connectivity index is 1.58. The van der Waals surface area contributed by atoms with Crippen LogP contribution in [0.3, 0.4) is 0 Å². The standard InChI is InChI=1S/C27H24N6O6S/c1-39-22-11-9-20(10-12-22)32-40(37,38)23-13-14-24(26(16-23)33(35)36)30-31-25(19-6-3-2-4-7-19)17-27(34)29-21-8-5-15-28-18-21/h2-16,18,30,32H,17H2,1H3,(H,29,34). The van der Waals surface area contributed by atoms with E-state index in [1.807, 2.05) is 0 Å². The zero-order valence-corrected chi connectivity index (χ0v) is 22.0. The molecule has 4 aromatic rings. The number of hydrogen-bond donors (Lipinski definition) is 3. The Hall–Kier alpha value is -5.30. The zero-order chi connectivity index (χ0) is 28.5. The lowest BCUT2D eigenvalue weighted by Gasteiger charge is -2.11. The Bertz CT molecular complexity index is 1630. The fraction of sp³-hybridized carbons (Fsp3) is 0.0741. The van der Waals surface area contributed by atoms with Gasteiger partial charge in [-0.3, -0.25) is 30.0 Å². The summed E-state index contributed by atoms with van der Waals surface area (Å²) in [5.41, 5.74) is 3.72. The average Bonchev–Trinajstić information content (AvgIpc) is 2.96. The molecule has 4 rings (SSSR count). The number of nitrogens with one attached hydrogen (secondary N) is 3. The Morgan fingerprint density at radius 2 is 1.75 bits per heavy atom. The van der Waals surface area contributed by atoms with Crippen molar-refractivity contribution in [3.05, 3.63) is 113 Å². The molecule has 1 amide bonds. The first kappa shape index (κ1) is 27.7. The molecular weight excluding hydrogens is 536 g/mol. The number of nitrogens with zero attached hydrogens (tertiary/aromatic N) is 3. The van der Waals surface area contributed by atoms with Crippen LogP contribution in [0.1, 0.15) is 12.0 Å². The van der Waals surface area contributed by atoms with E-state index in [2.05, 4.69) is 25.6 Å². The molecule has 40 heavy (non-hydrogen) atoms. The van der Waals surface area contributed by atoms with E-state index in [0.717, 1.165) is 6.07 Å². The number of benzene rings is 3. The number of hydrazone groups is 1. The van der Waals surface area contributed by atoms with Gasteiger partial charge in [-0.05, 0) is 54.1 Å². The molecular formula is C27H24N6O6S. The highest BCUT2D eigenvalue weighted by molar-refractivity contribution is 7.92. The summed E-state index contributed by atoms with van der Waals surface area (Å²) < 4.78 is 33.2. The molecule has 12 nitrogen and oxygen atoms in total. The number of carbonyl (C=O) groups is 1. The molecule has 1 aromatic heterocycles. The molecule has 0 unspecified atom stereocenters. The van der Waals surface area contributed by atoms with Gasteiger partial charge in [0.15, 0.2) is 0 Å². The number of carbonyl (C=O) groups excluding carboxylic acids is 1. The monoisotopic (exact) mass is 560 g/mol. The van der Waals surface area contributed by atoms with Gasteiger partial charge in [0.25, 0.3) is 15.7 Å². The minimum absolute atomic E-state index is 0.0607. The lowest BCUT2D eigenvalue weighted by molar-refractivity contribution is -0.384. The van der Waals surface area contributed by atoms with Crippen LogP contribution < -0.4 is 20.2 Å². The van der Waals surface area contributed by atoms with Crippen LogP contribution in [0.5, 0.6) is 5.75 Å². The van der Waals surface area contributed by atoms with E-state index in [1.165, 1.54) is 37.6 Å². The number of amides is 1. The molecule has 0 aliphatic carbocycles. The van der Waals surface area contributed by atoms with E-state index >= 15 is 0 Å². The van der Waals surface area contributed by atoms with Crippen LogP contribution in [0.2, 0.25) is 0 Å². The summed E-state index contributed by atoms with van der Waals surface area (Å²) in [6, 6.07) is 21.7. The van der Waals surface area contributed by atoms with Crippen molar-refractivity contribution in [1.82, 2.24) is 4.98 Å². The molecule has 0 bridgehead atoms. The lowest BCUT2D eigenvalue weighted by atomic mass is 10.1.